The van der Waals surface area contributed by atoms with Gasteiger partial charge in [-0.2, -0.15) is 5.26 Å². The van der Waals surface area contributed by atoms with Gasteiger partial charge < -0.3 is 15.4 Å². The molecule has 0 saturated carbocycles. The molecule has 176 valence electrons. The van der Waals surface area contributed by atoms with Gasteiger partial charge in [-0.25, -0.2) is 14.4 Å². The molecule has 0 aliphatic carbocycles. The van der Waals surface area contributed by atoms with E-state index in [2.05, 4.69) is 26.7 Å². The van der Waals surface area contributed by atoms with Crippen LogP contribution in [0.3, 0.4) is 0 Å². The van der Waals surface area contributed by atoms with Crippen LogP contribution in [0.2, 0.25) is 0 Å². The van der Waals surface area contributed by atoms with Crippen molar-refractivity contribution < 1.29 is 13.9 Å². The van der Waals surface area contributed by atoms with E-state index in [4.69, 9.17) is 4.74 Å². The lowest BCUT2D eigenvalue weighted by atomic mass is 9.85. The molecule has 0 unspecified atom stereocenters. The van der Waals surface area contributed by atoms with E-state index in [1.165, 1.54) is 18.5 Å². The Morgan fingerprint density at radius 1 is 1.11 bits per heavy atom. The zero-order valence-electron chi connectivity index (χ0n) is 19.8. The Labute approximate surface area is 202 Å². The van der Waals surface area contributed by atoms with Crippen LogP contribution in [0.1, 0.15) is 35.3 Å². The van der Waals surface area contributed by atoms with Crippen LogP contribution in [0.15, 0.2) is 60.9 Å². The molecular weight excluding hydrogens is 445 g/mol. The first kappa shape index (κ1) is 23.6. The number of methoxy groups -OCH3 is 1. The molecule has 0 radical (unpaired) electrons. The van der Waals surface area contributed by atoms with Crippen molar-refractivity contribution in [1.29, 1.82) is 5.26 Å². The van der Waals surface area contributed by atoms with Crippen molar-refractivity contribution in [3.8, 4) is 11.8 Å². The molecule has 0 fully saturated rings. The van der Waals surface area contributed by atoms with Gasteiger partial charge in [0.2, 0.25) is 0 Å². The van der Waals surface area contributed by atoms with Crippen molar-refractivity contribution >= 4 is 34.0 Å². The number of hydrogen-bond acceptors (Lipinski definition) is 6. The maximum atomic E-state index is 15.1. The largest absolute Gasteiger partial charge is 0.497 e. The van der Waals surface area contributed by atoms with E-state index in [1.54, 1.807) is 39.2 Å². The summed E-state index contributed by atoms with van der Waals surface area (Å²) in [6.45, 7) is 5.14. The number of halogens is 1. The zero-order valence-corrected chi connectivity index (χ0v) is 19.8. The summed E-state index contributed by atoms with van der Waals surface area (Å²) in [5.74, 6) is -0.0171. The van der Waals surface area contributed by atoms with Crippen LogP contribution >= 0.6 is 0 Å². The molecule has 8 heteroatoms. The molecule has 1 aromatic heterocycles. The molecule has 4 aromatic rings. The van der Waals surface area contributed by atoms with E-state index in [0.29, 0.717) is 17.3 Å². The third kappa shape index (κ3) is 4.75. The standard InChI is InChI=1S/C27H24FN5O2/c1-16-8-9-17(32-26(34)20-6-5-7-21(24(20)28)27(2,3)14-29)12-22(16)33-25-19-11-10-18(35-4)13-23(19)30-15-31-25/h5-13,15H,1-4H3,(H,32,34)(H,30,31,33). The van der Waals surface area contributed by atoms with E-state index in [0.717, 1.165) is 22.2 Å². The molecule has 0 aliphatic rings. The molecule has 35 heavy (non-hydrogen) atoms. The molecule has 1 heterocycles. The second-order valence-corrected chi connectivity index (χ2v) is 8.62. The van der Waals surface area contributed by atoms with Gasteiger partial charge in [-0.3, -0.25) is 4.79 Å². The van der Waals surface area contributed by atoms with Crippen LogP contribution in [0.5, 0.6) is 5.75 Å². The van der Waals surface area contributed by atoms with E-state index < -0.39 is 17.1 Å². The van der Waals surface area contributed by atoms with Gasteiger partial charge in [-0.05, 0) is 56.7 Å². The first-order valence-corrected chi connectivity index (χ1v) is 10.9. The number of nitrogens with one attached hydrogen (secondary N) is 2. The number of aryl methyl sites for hydroxylation is 1. The Balaban J connectivity index is 1.62. The lowest BCUT2D eigenvalue weighted by Gasteiger charge is -2.18. The summed E-state index contributed by atoms with van der Waals surface area (Å²) < 4.78 is 20.4. The number of carbonyl (C=O) groups is 1. The highest BCUT2D eigenvalue weighted by Gasteiger charge is 2.27. The summed E-state index contributed by atoms with van der Waals surface area (Å²) in [6.07, 6.45) is 1.46. The maximum Gasteiger partial charge on any atom is 0.258 e. The molecule has 0 bridgehead atoms. The summed E-state index contributed by atoms with van der Waals surface area (Å²) in [4.78, 5) is 21.6. The van der Waals surface area contributed by atoms with Crippen molar-refractivity contribution in [3.63, 3.8) is 0 Å². The third-order valence-corrected chi connectivity index (χ3v) is 5.79. The van der Waals surface area contributed by atoms with E-state index in [9.17, 15) is 10.1 Å². The fraction of sp³-hybridized carbons (Fsp3) is 0.185. The van der Waals surface area contributed by atoms with Crippen LogP contribution < -0.4 is 15.4 Å². The minimum Gasteiger partial charge on any atom is -0.497 e. The lowest BCUT2D eigenvalue weighted by molar-refractivity contribution is 0.102. The molecule has 0 aliphatic heterocycles. The molecule has 7 nitrogen and oxygen atoms in total. The summed E-state index contributed by atoms with van der Waals surface area (Å²) >= 11 is 0. The minimum absolute atomic E-state index is 0.128. The predicted octanol–water partition coefficient (Wildman–Crippen LogP) is 5.88. The third-order valence-electron chi connectivity index (χ3n) is 5.79. The number of amides is 1. The highest BCUT2D eigenvalue weighted by atomic mass is 19.1. The van der Waals surface area contributed by atoms with Crippen molar-refractivity contribution in [2.24, 2.45) is 0 Å². The van der Waals surface area contributed by atoms with Gasteiger partial charge in [-0.1, -0.05) is 18.2 Å². The fourth-order valence-corrected chi connectivity index (χ4v) is 3.67. The topological polar surface area (TPSA) is 99.9 Å². The molecule has 4 rings (SSSR count). The van der Waals surface area contributed by atoms with Gasteiger partial charge in [0.05, 0.1) is 29.7 Å². The van der Waals surface area contributed by atoms with Gasteiger partial charge in [-0.15, -0.1) is 0 Å². The Bertz CT molecular complexity index is 1480. The summed E-state index contributed by atoms with van der Waals surface area (Å²) in [7, 11) is 1.59. The number of carbonyl (C=O) groups excluding carboxylic acids is 1. The second-order valence-electron chi connectivity index (χ2n) is 8.62. The average molecular weight is 470 g/mol. The Morgan fingerprint density at radius 2 is 1.91 bits per heavy atom. The number of anilines is 3. The number of aromatic nitrogens is 2. The molecular formula is C27H24FN5O2. The molecule has 3 aromatic carbocycles. The second kappa shape index (κ2) is 9.39. The van der Waals surface area contributed by atoms with Crippen molar-refractivity contribution in [2.45, 2.75) is 26.2 Å². The van der Waals surface area contributed by atoms with Crippen molar-refractivity contribution in [1.82, 2.24) is 9.97 Å². The number of ether oxygens (including phenoxy) is 1. The fourth-order valence-electron chi connectivity index (χ4n) is 3.67. The minimum atomic E-state index is -1.06. The quantitative estimate of drug-likeness (QED) is 0.366. The van der Waals surface area contributed by atoms with Crippen LogP contribution in [0.4, 0.5) is 21.6 Å². The van der Waals surface area contributed by atoms with Crippen molar-refractivity contribution in [2.75, 3.05) is 17.7 Å². The number of benzene rings is 3. The Hall–Kier alpha value is -4.51. The summed E-state index contributed by atoms with van der Waals surface area (Å²) in [5.41, 5.74) is 1.83. The number of fused-ring (bicyclic) bond motifs is 1. The monoisotopic (exact) mass is 469 g/mol. The number of nitriles is 1. The first-order chi connectivity index (χ1) is 16.7. The molecule has 2 N–H and O–H groups in total. The first-order valence-electron chi connectivity index (χ1n) is 10.9. The SMILES string of the molecule is COc1ccc2c(Nc3cc(NC(=O)c4cccc(C(C)(C)C#N)c4F)ccc3C)ncnc2c1. The lowest BCUT2D eigenvalue weighted by Crippen LogP contribution is -2.20. The van der Waals surface area contributed by atoms with Gasteiger partial charge in [0.15, 0.2) is 0 Å². The van der Waals surface area contributed by atoms with Gasteiger partial charge in [0.25, 0.3) is 5.91 Å². The van der Waals surface area contributed by atoms with Gasteiger partial charge in [0, 0.05) is 28.4 Å². The van der Waals surface area contributed by atoms with Crippen LogP contribution in [-0.4, -0.2) is 23.0 Å². The van der Waals surface area contributed by atoms with Gasteiger partial charge in [0.1, 0.15) is 23.7 Å². The summed E-state index contributed by atoms with van der Waals surface area (Å²) in [5, 5.41) is 16.2. The highest BCUT2D eigenvalue weighted by molar-refractivity contribution is 6.05. The maximum absolute atomic E-state index is 15.1. The highest BCUT2D eigenvalue weighted by Crippen LogP contribution is 2.30. The molecule has 0 spiro atoms. The Morgan fingerprint density at radius 3 is 2.66 bits per heavy atom. The summed E-state index contributed by atoms with van der Waals surface area (Å²) in [6, 6.07) is 17.4. The van der Waals surface area contributed by atoms with Gasteiger partial charge >= 0.3 is 0 Å². The van der Waals surface area contributed by atoms with E-state index in [1.807, 2.05) is 31.2 Å². The van der Waals surface area contributed by atoms with E-state index >= 15 is 4.39 Å². The van der Waals surface area contributed by atoms with Crippen LogP contribution in [0.25, 0.3) is 10.9 Å². The average Bonchev–Trinajstić information content (AvgIpc) is 2.85. The predicted molar refractivity (Wildman–Crippen MR) is 134 cm³/mol. The van der Waals surface area contributed by atoms with Crippen molar-refractivity contribution in [3.05, 3.63) is 83.4 Å². The van der Waals surface area contributed by atoms with E-state index in [-0.39, 0.29) is 11.1 Å². The van der Waals surface area contributed by atoms with Crippen LogP contribution in [0, 0.1) is 24.1 Å². The number of hydrogen-bond donors (Lipinski definition) is 2. The molecule has 0 atom stereocenters. The molecule has 0 saturated heterocycles. The zero-order chi connectivity index (χ0) is 25.2. The number of rotatable bonds is 6. The Kier molecular flexibility index (Phi) is 6.34. The van der Waals surface area contributed by atoms with Crippen LogP contribution in [-0.2, 0) is 5.41 Å². The number of nitrogens with zero attached hydrogens (tertiary/aromatic N) is 3. The smallest absolute Gasteiger partial charge is 0.258 e. The normalized spacial score (nSPS) is 11.1. The molecule has 1 amide bonds.